The second kappa shape index (κ2) is 10.7. The van der Waals surface area contributed by atoms with Gasteiger partial charge in [0.2, 0.25) is 0 Å². The van der Waals surface area contributed by atoms with E-state index >= 15 is 0 Å². The van der Waals surface area contributed by atoms with Gasteiger partial charge in [-0.25, -0.2) is 4.79 Å². The van der Waals surface area contributed by atoms with Crippen LogP contribution >= 0.6 is 0 Å². The molecule has 28 heavy (non-hydrogen) atoms. The van der Waals surface area contributed by atoms with Gasteiger partial charge in [0.25, 0.3) is 0 Å². The van der Waals surface area contributed by atoms with Crippen LogP contribution in [0.25, 0.3) is 0 Å². The average Bonchev–Trinajstić information content (AvgIpc) is 2.57. The number of rotatable bonds is 10. The maximum atomic E-state index is 12.4. The number of esters is 2. The van der Waals surface area contributed by atoms with Crippen LogP contribution in [0, 0.1) is 5.92 Å². The third-order valence-corrected chi connectivity index (χ3v) is 3.70. The number of unbranched alkanes of at least 4 members (excludes halogenated alkanes) is 2. The molecule has 0 aliphatic rings. The summed E-state index contributed by atoms with van der Waals surface area (Å²) < 4.78 is 16.2. The van der Waals surface area contributed by atoms with E-state index in [0.717, 1.165) is 19.3 Å². The normalized spacial score (nSPS) is 12.2. The molecule has 0 fully saturated rings. The molecule has 1 aromatic carbocycles. The Morgan fingerprint density at radius 1 is 1.11 bits per heavy atom. The van der Waals surface area contributed by atoms with Gasteiger partial charge in [-0.1, -0.05) is 26.7 Å². The lowest BCUT2D eigenvalue weighted by atomic mass is 10.1. The topological polar surface area (TPSA) is 99.1 Å². The zero-order chi connectivity index (χ0) is 21.3. The first-order chi connectivity index (χ1) is 13.0. The lowest BCUT2D eigenvalue weighted by Crippen LogP contribution is -2.27. The maximum Gasteiger partial charge on any atom is 0.335 e. The first kappa shape index (κ1) is 23.5. The monoisotopic (exact) mass is 394 g/mol. The molecule has 1 unspecified atom stereocenters. The van der Waals surface area contributed by atoms with Crippen molar-refractivity contribution in [3.8, 4) is 11.5 Å². The molecule has 0 aliphatic carbocycles. The Balaban J connectivity index is 2.84. The first-order valence-electron chi connectivity index (χ1n) is 9.47. The van der Waals surface area contributed by atoms with Gasteiger partial charge in [0.15, 0.2) is 11.5 Å². The largest absolute Gasteiger partial charge is 0.490 e. The number of carboxylic acid groups (broad SMARTS) is 1. The van der Waals surface area contributed by atoms with Crippen LogP contribution in [0.5, 0.6) is 11.5 Å². The molecule has 7 heteroatoms. The fourth-order valence-electron chi connectivity index (χ4n) is 2.30. The quantitative estimate of drug-likeness (QED) is 0.360. The van der Waals surface area contributed by atoms with Crippen molar-refractivity contribution in [1.29, 1.82) is 0 Å². The van der Waals surface area contributed by atoms with Crippen molar-refractivity contribution in [2.24, 2.45) is 5.92 Å². The lowest BCUT2D eigenvalue weighted by molar-refractivity contribution is -0.158. The van der Waals surface area contributed by atoms with Gasteiger partial charge in [0.1, 0.15) is 5.60 Å². The fraction of sp³-hybridized carbons (Fsp3) is 0.571. The van der Waals surface area contributed by atoms with Crippen LogP contribution in [0.2, 0.25) is 0 Å². The number of benzene rings is 1. The summed E-state index contributed by atoms with van der Waals surface area (Å²) in [6.07, 6.45) is 2.72. The number of aromatic carboxylic acids is 1. The molecule has 1 rings (SSSR count). The zero-order valence-electron chi connectivity index (χ0n) is 17.2. The molecule has 0 amide bonds. The molecule has 0 saturated carbocycles. The molecule has 1 atom stereocenters. The summed E-state index contributed by atoms with van der Waals surface area (Å²) in [6.45, 7) is 9.28. The molecule has 0 radical (unpaired) electrons. The van der Waals surface area contributed by atoms with E-state index in [-0.39, 0.29) is 17.7 Å². The molecule has 1 N–H and O–H groups in total. The van der Waals surface area contributed by atoms with E-state index in [0.29, 0.717) is 12.4 Å². The summed E-state index contributed by atoms with van der Waals surface area (Å²) in [5.74, 6) is -2.75. The zero-order valence-corrected chi connectivity index (χ0v) is 17.2. The predicted octanol–water partition coefficient (Wildman–Crippen LogP) is 4.23. The SMILES string of the molecule is CCCCCOc1ccc(C(=O)O)cc1OC(=O)C(C)CC(=O)OC(C)(C)C. The highest BCUT2D eigenvalue weighted by Crippen LogP contribution is 2.30. The van der Waals surface area contributed by atoms with Crippen molar-refractivity contribution in [3.63, 3.8) is 0 Å². The van der Waals surface area contributed by atoms with Gasteiger partial charge < -0.3 is 19.3 Å². The Hall–Kier alpha value is -2.57. The van der Waals surface area contributed by atoms with E-state index in [1.54, 1.807) is 27.7 Å². The highest BCUT2D eigenvalue weighted by atomic mass is 16.6. The average molecular weight is 394 g/mol. The van der Waals surface area contributed by atoms with Crippen LogP contribution in [-0.4, -0.2) is 35.2 Å². The fourth-order valence-corrected chi connectivity index (χ4v) is 2.30. The van der Waals surface area contributed by atoms with E-state index in [2.05, 4.69) is 6.92 Å². The Kier molecular flexibility index (Phi) is 8.96. The summed E-state index contributed by atoms with van der Waals surface area (Å²) in [6, 6.07) is 4.10. The molecule has 0 spiro atoms. The van der Waals surface area contributed by atoms with Gasteiger partial charge in [-0.15, -0.1) is 0 Å². The Morgan fingerprint density at radius 2 is 1.79 bits per heavy atom. The minimum absolute atomic E-state index is 0.0245. The van der Waals surface area contributed by atoms with Crippen LogP contribution in [0.15, 0.2) is 18.2 Å². The molecular weight excluding hydrogens is 364 g/mol. The number of hydrogen-bond donors (Lipinski definition) is 1. The number of hydrogen-bond acceptors (Lipinski definition) is 6. The second-order valence-corrected chi connectivity index (χ2v) is 7.63. The number of carboxylic acids is 1. The molecule has 0 aliphatic heterocycles. The number of ether oxygens (including phenoxy) is 3. The maximum absolute atomic E-state index is 12.4. The van der Waals surface area contributed by atoms with Crippen LogP contribution in [0.4, 0.5) is 0 Å². The van der Waals surface area contributed by atoms with Gasteiger partial charge in [-0.2, -0.15) is 0 Å². The molecule has 0 saturated heterocycles. The Labute approximate surface area is 166 Å². The van der Waals surface area contributed by atoms with Crippen LogP contribution in [0.1, 0.15) is 70.7 Å². The third kappa shape index (κ3) is 8.41. The third-order valence-electron chi connectivity index (χ3n) is 3.70. The first-order valence-corrected chi connectivity index (χ1v) is 9.47. The number of carbonyl (C=O) groups is 3. The molecule has 0 bridgehead atoms. The van der Waals surface area contributed by atoms with E-state index in [1.165, 1.54) is 18.2 Å². The highest BCUT2D eigenvalue weighted by molar-refractivity contribution is 5.89. The van der Waals surface area contributed by atoms with Gasteiger partial charge in [0.05, 0.1) is 24.5 Å². The summed E-state index contributed by atoms with van der Waals surface area (Å²) in [5.41, 5.74) is -0.667. The van der Waals surface area contributed by atoms with Gasteiger partial charge >= 0.3 is 17.9 Å². The van der Waals surface area contributed by atoms with Crippen LogP contribution < -0.4 is 9.47 Å². The molecule has 1 aromatic rings. The van der Waals surface area contributed by atoms with Gasteiger partial charge in [0, 0.05) is 0 Å². The van der Waals surface area contributed by atoms with Crippen LogP contribution in [-0.2, 0) is 14.3 Å². The predicted molar refractivity (Wildman–Crippen MR) is 104 cm³/mol. The van der Waals surface area contributed by atoms with E-state index in [1.807, 2.05) is 0 Å². The molecule has 7 nitrogen and oxygen atoms in total. The highest BCUT2D eigenvalue weighted by Gasteiger charge is 2.24. The van der Waals surface area contributed by atoms with Crippen molar-refractivity contribution in [3.05, 3.63) is 23.8 Å². The Morgan fingerprint density at radius 3 is 2.36 bits per heavy atom. The summed E-state index contributed by atoms with van der Waals surface area (Å²) in [4.78, 5) is 35.5. The van der Waals surface area contributed by atoms with Crippen molar-refractivity contribution < 1.29 is 33.7 Å². The van der Waals surface area contributed by atoms with Crippen molar-refractivity contribution in [2.45, 2.75) is 65.9 Å². The molecule has 0 aromatic heterocycles. The summed E-state index contributed by atoms with van der Waals surface area (Å²) in [7, 11) is 0. The van der Waals surface area contributed by atoms with Crippen molar-refractivity contribution in [2.75, 3.05) is 6.61 Å². The van der Waals surface area contributed by atoms with E-state index < -0.39 is 29.4 Å². The summed E-state index contributed by atoms with van der Waals surface area (Å²) >= 11 is 0. The minimum Gasteiger partial charge on any atom is -0.490 e. The number of carbonyl (C=O) groups excluding carboxylic acids is 2. The van der Waals surface area contributed by atoms with E-state index in [9.17, 15) is 19.5 Å². The lowest BCUT2D eigenvalue weighted by Gasteiger charge is -2.20. The Bertz CT molecular complexity index is 688. The van der Waals surface area contributed by atoms with Crippen molar-refractivity contribution in [1.82, 2.24) is 0 Å². The van der Waals surface area contributed by atoms with E-state index in [4.69, 9.17) is 14.2 Å². The standard InChI is InChI=1S/C21H30O7/c1-6-7-8-11-26-16-10-9-15(19(23)24)13-17(16)27-20(25)14(2)12-18(22)28-21(3,4)5/h9-10,13-14H,6-8,11-12H2,1-5H3,(H,23,24). The molecule has 156 valence electrons. The van der Waals surface area contributed by atoms with Gasteiger partial charge in [-0.05, 0) is 45.4 Å². The van der Waals surface area contributed by atoms with Gasteiger partial charge in [-0.3, -0.25) is 9.59 Å². The molecular formula is C21H30O7. The summed E-state index contributed by atoms with van der Waals surface area (Å²) in [5, 5.41) is 9.17. The smallest absolute Gasteiger partial charge is 0.335 e. The second-order valence-electron chi connectivity index (χ2n) is 7.63. The van der Waals surface area contributed by atoms with Crippen LogP contribution in [0.3, 0.4) is 0 Å². The van der Waals surface area contributed by atoms with Crippen molar-refractivity contribution >= 4 is 17.9 Å². The minimum atomic E-state index is -1.14. The molecule has 0 heterocycles.